The molecular weight excluding hydrogens is 254 g/mol. The molecule has 108 valence electrons. The van der Waals surface area contributed by atoms with E-state index < -0.39 is 6.04 Å². The largest absolute Gasteiger partial charge is 0.464 e. The van der Waals surface area contributed by atoms with Crippen LogP contribution in [-0.4, -0.2) is 36.0 Å². The SMILES string of the molecule is CCOC(=O)[C@@H](Cc1ccccc1)N1CC(C)(C)C1=O. The number of β-lactam (4-membered cyclic amide) rings is 1. The Kier molecular flexibility index (Phi) is 4.12. The molecule has 1 saturated heterocycles. The molecule has 4 heteroatoms. The highest BCUT2D eigenvalue weighted by molar-refractivity contribution is 5.92. The van der Waals surface area contributed by atoms with Crippen molar-refractivity contribution in [3.63, 3.8) is 0 Å². The van der Waals surface area contributed by atoms with Gasteiger partial charge in [-0.3, -0.25) is 4.79 Å². The van der Waals surface area contributed by atoms with Crippen LogP contribution in [0.1, 0.15) is 26.3 Å². The highest BCUT2D eigenvalue weighted by atomic mass is 16.5. The number of ether oxygens (including phenoxy) is 1. The van der Waals surface area contributed by atoms with Crippen LogP contribution < -0.4 is 0 Å². The Morgan fingerprint density at radius 3 is 2.50 bits per heavy atom. The number of hydrogen-bond donors (Lipinski definition) is 0. The van der Waals surface area contributed by atoms with Crippen LogP contribution in [0.15, 0.2) is 30.3 Å². The third-order valence-electron chi connectivity index (χ3n) is 3.61. The number of carbonyl (C=O) groups is 2. The van der Waals surface area contributed by atoms with Gasteiger partial charge in [-0.15, -0.1) is 0 Å². The maximum absolute atomic E-state index is 12.1. The maximum atomic E-state index is 12.1. The smallest absolute Gasteiger partial charge is 0.329 e. The normalized spacial score (nSPS) is 18.4. The first-order valence-corrected chi connectivity index (χ1v) is 6.97. The minimum absolute atomic E-state index is 0.0199. The lowest BCUT2D eigenvalue weighted by Crippen LogP contribution is -2.64. The average Bonchev–Trinajstić information content (AvgIpc) is 2.44. The summed E-state index contributed by atoms with van der Waals surface area (Å²) in [7, 11) is 0. The Morgan fingerprint density at radius 1 is 1.35 bits per heavy atom. The van der Waals surface area contributed by atoms with Crippen molar-refractivity contribution in [2.24, 2.45) is 5.41 Å². The standard InChI is InChI=1S/C16H21NO3/c1-4-20-14(18)13(10-12-8-6-5-7-9-12)17-11-16(2,3)15(17)19/h5-9,13H,4,10-11H2,1-3H3/t13-/m1/s1. The summed E-state index contributed by atoms with van der Waals surface area (Å²) in [6.07, 6.45) is 0.501. The molecule has 1 heterocycles. The molecule has 1 amide bonds. The van der Waals surface area contributed by atoms with Gasteiger partial charge in [-0.25, -0.2) is 4.79 Å². The fourth-order valence-corrected chi connectivity index (χ4v) is 2.51. The quantitative estimate of drug-likeness (QED) is 0.610. The molecule has 0 unspecified atom stereocenters. The van der Waals surface area contributed by atoms with E-state index >= 15 is 0 Å². The van der Waals surface area contributed by atoms with E-state index in [1.54, 1.807) is 11.8 Å². The first-order valence-electron chi connectivity index (χ1n) is 6.97. The number of benzene rings is 1. The summed E-state index contributed by atoms with van der Waals surface area (Å²) in [5.41, 5.74) is 0.671. The number of rotatable bonds is 5. The zero-order valence-electron chi connectivity index (χ0n) is 12.3. The Labute approximate surface area is 119 Å². The number of nitrogens with zero attached hydrogens (tertiary/aromatic N) is 1. The molecule has 1 aromatic carbocycles. The third kappa shape index (κ3) is 2.84. The van der Waals surface area contributed by atoms with Gasteiger partial charge in [0.25, 0.3) is 0 Å². The van der Waals surface area contributed by atoms with Gasteiger partial charge in [0.05, 0.1) is 12.0 Å². The second kappa shape index (κ2) is 5.65. The number of hydrogen-bond acceptors (Lipinski definition) is 3. The molecular formula is C16H21NO3. The van der Waals surface area contributed by atoms with E-state index in [0.29, 0.717) is 19.6 Å². The first-order chi connectivity index (χ1) is 9.45. The summed E-state index contributed by atoms with van der Waals surface area (Å²) in [4.78, 5) is 25.9. The zero-order valence-corrected chi connectivity index (χ0v) is 12.3. The van der Waals surface area contributed by atoms with Crippen molar-refractivity contribution in [1.82, 2.24) is 4.90 Å². The topological polar surface area (TPSA) is 46.6 Å². The maximum Gasteiger partial charge on any atom is 0.329 e. The Morgan fingerprint density at radius 2 is 2.00 bits per heavy atom. The van der Waals surface area contributed by atoms with Crippen LogP contribution >= 0.6 is 0 Å². The van der Waals surface area contributed by atoms with Gasteiger partial charge >= 0.3 is 5.97 Å². The van der Waals surface area contributed by atoms with E-state index in [2.05, 4.69) is 0 Å². The van der Waals surface area contributed by atoms with Gasteiger partial charge in [0.1, 0.15) is 6.04 Å². The van der Waals surface area contributed by atoms with Crippen LogP contribution in [0.2, 0.25) is 0 Å². The molecule has 0 aliphatic carbocycles. The number of likely N-dealkylation sites (tertiary alicyclic amines) is 1. The minimum atomic E-state index is -0.516. The molecule has 0 spiro atoms. The molecule has 1 fully saturated rings. The molecule has 0 N–H and O–H groups in total. The van der Waals surface area contributed by atoms with Gasteiger partial charge in [0, 0.05) is 13.0 Å². The average molecular weight is 275 g/mol. The van der Waals surface area contributed by atoms with Crippen molar-refractivity contribution < 1.29 is 14.3 Å². The van der Waals surface area contributed by atoms with Gasteiger partial charge in [-0.2, -0.15) is 0 Å². The molecule has 1 aliphatic rings. The van der Waals surface area contributed by atoms with Crippen LogP contribution in [0.4, 0.5) is 0 Å². The van der Waals surface area contributed by atoms with Crippen molar-refractivity contribution in [3.8, 4) is 0 Å². The second-order valence-electron chi connectivity index (χ2n) is 5.77. The van der Waals surface area contributed by atoms with Gasteiger partial charge in [-0.1, -0.05) is 30.3 Å². The minimum Gasteiger partial charge on any atom is -0.464 e. The Bertz CT molecular complexity index is 496. The van der Waals surface area contributed by atoms with E-state index in [1.807, 2.05) is 44.2 Å². The van der Waals surface area contributed by atoms with Crippen LogP contribution in [-0.2, 0) is 20.7 Å². The van der Waals surface area contributed by atoms with Crippen molar-refractivity contribution in [1.29, 1.82) is 0 Å². The molecule has 0 radical (unpaired) electrons. The lowest BCUT2D eigenvalue weighted by Gasteiger charge is -2.47. The fraction of sp³-hybridized carbons (Fsp3) is 0.500. The van der Waals surface area contributed by atoms with Crippen LogP contribution in [0.5, 0.6) is 0 Å². The molecule has 1 aliphatic heterocycles. The van der Waals surface area contributed by atoms with E-state index in [1.165, 1.54) is 0 Å². The number of carbonyl (C=O) groups excluding carboxylic acids is 2. The molecule has 4 nitrogen and oxygen atoms in total. The molecule has 0 aromatic heterocycles. The van der Waals surface area contributed by atoms with Crippen LogP contribution in [0.25, 0.3) is 0 Å². The summed E-state index contributed by atoms with van der Waals surface area (Å²) in [5.74, 6) is -0.299. The molecule has 1 atom stereocenters. The predicted molar refractivity (Wildman–Crippen MR) is 76.1 cm³/mol. The highest BCUT2D eigenvalue weighted by Crippen LogP contribution is 2.33. The van der Waals surface area contributed by atoms with Crippen molar-refractivity contribution >= 4 is 11.9 Å². The zero-order chi connectivity index (χ0) is 14.8. The van der Waals surface area contributed by atoms with E-state index in [9.17, 15) is 9.59 Å². The molecule has 0 saturated carbocycles. The molecule has 0 bridgehead atoms. The first kappa shape index (κ1) is 14.6. The summed E-state index contributed by atoms with van der Waals surface area (Å²) in [5, 5.41) is 0. The summed E-state index contributed by atoms with van der Waals surface area (Å²) < 4.78 is 5.12. The van der Waals surface area contributed by atoms with Gasteiger partial charge in [0.15, 0.2) is 0 Å². The second-order valence-corrected chi connectivity index (χ2v) is 5.77. The predicted octanol–water partition coefficient (Wildman–Crippen LogP) is 2.03. The van der Waals surface area contributed by atoms with Crippen LogP contribution in [0.3, 0.4) is 0 Å². The summed E-state index contributed by atoms with van der Waals surface area (Å²) in [6.45, 7) is 6.50. The van der Waals surface area contributed by atoms with E-state index in [4.69, 9.17) is 4.74 Å². The van der Waals surface area contributed by atoms with Gasteiger partial charge in [0.2, 0.25) is 5.91 Å². The third-order valence-corrected chi connectivity index (χ3v) is 3.61. The number of amides is 1. The summed E-state index contributed by atoms with van der Waals surface area (Å²) in [6, 6.07) is 9.20. The molecule has 2 rings (SSSR count). The van der Waals surface area contributed by atoms with Crippen molar-refractivity contribution in [3.05, 3.63) is 35.9 Å². The Hall–Kier alpha value is -1.84. The van der Waals surface area contributed by atoms with Crippen molar-refractivity contribution in [2.75, 3.05) is 13.2 Å². The lowest BCUT2D eigenvalue weighted by molar-refractivity contribution is -0.171. The van der Waals surface area contributed by atoms with Gasteiger partial charge in [-0.05, 0) is 26.3 Å². The lowest BCUT2D eigenvalue weighted by atomic mass is 9.81. The fourth-order valence-electron chi connectivity index (χ4n) is 2.51. The summed E-state index contributed by atoms with van der Waals surface area (Å²) >= 11 is 0. The number of esters is 1. The van der Waals surface area contributed by atoms with E-state index in [-0.39, 0.29) is 17.3 Å². The highest BCUT2D eigenvalue weighted by Gasteiger charge is 2.49. The van der Waals surface area contributed by atoms with E-state index in [0.717, 1.165) is 5.56 Å². The monoisotopic (exact) mass is 275 g/mol. The Balaban J connectivity index is 2.14. The van der Waals surface area contributed by atoms with Crippen LogP contribution in [0, 0.1) is 5.41 Å². The van der Waals surface area contributed by atoms with Crippen molar-refractivity contribution in [2.45, 2.75) is 33.2 Å². The molecule has 20 heavy (non-hydrogen) atoms. The molecule has 1 aromatic rings. The van der Waals surface area contributed by atoms with Gasteiger partial charge < -0.3 is 9.64 Å².